The molecule has 0 radical (unpaired) electrons. The molecule has 1 aromatic heterocycles. The highest BCUT2D eigenvalue weighted by atomic mass is 19.2. The van der Waals surface area contributed by atoms with Crippen LogP contribution in [0.3, 0.4) is 0 Å². The van der Waals surface area contributed by atoms with Crippen LogP contribution in [0.5, 0.6) is 0 Å². The van der Waals surface area contributed by atoms with Gasteiger partial charge in [0.15, 0.2) is 17.9 Å². The maximum atomic E-state index is 13.3. The van der Waals surface area contributed by atoms with Crippen LogP contribution in [0.25, 0.3) is 0 Å². The Morgan fingerprint density at radius 1 is 1.38 bits per heavy atom. The second-order valence-electron chi connectivity index (χ2n) is 3.15. The summed E-state index contributed by atoms with van der Waals surface area (Å²) < 4.78 is 26.1. The Morgan fingerprint density at radius 2 is 2.19 bits per heavy atom. The third kappa shape index (κ3) is 1.95. The number of aldehydes is 1. The minimum Gasteiger partial charge on any atom is -0.294 e. The molecule has 0 aliphatic heterocycles. The zero-order valence-corrected chi connectivity index (χ0v) is 8.08. The van der Waals surface area contributed by atoms with Crippen molar-refractivity contribution < 1.29 is 13.6 Å². The molecule has 0 aliphatic carbocycles. The summed E-state index contributed by atoms with van der Waals surface area (Å²) in [5.74, 6) is -1.52. The van der Waals surface area contributed by atoms with Gasteiger partial charge in [-0.15, -0.1) is 0 Å². The summed E-state index contributed by atoms with van der Waals surface area (Å²) in [5.41, 5.74) is 0.161. The normalized spacial score (nSPS) is 10.4. The molecule has 0 amide bonds. The summed E-state index contributed by atoms with van der Waals surface area (Å²) in [6.07, 6.45) is 0.534. The summed E-state index contributed by atoms with van der Waals surface area (Å²) in [6.45, 7) is 0. The molecule has 82 valence electrons. The molecule has 0 aliphatic rings. The number of carbonyl (C=O) groups is 1. The zero-order chi connectivity index (χ0) is 11.5. The molecule has 1 aromatic carbocycles. The zero-order valence-electron chi connectivity index (χ0n) is 8.08. The fraction of sp³-hybridized carbons (Fsp3) is 0.100. The fourth-order valence-corrected chi connectivity index (χ4v) is 1.31. The average Bonchev–Trinajstić information content (AvgIpc) is 2.73. The van der Waals surface area contributed by atoms with Gasteiger partial charge in [-0.05, 0) is 11.6 Å². The van der Waals surface area contributed by atoms with E-state index in [1.165, 1.54) is 12.1 Å². The van der Waals surface area contributed by atoms with Crippen molar-refractivity contribution in [1.82, 2.24) is 15.2 Å². The molecule has 0 fully saturated rings. The number of H-pyrrole nitrogens is 1. The van der Waals surface area contributed by atoms with Crippen LogP contribution in [-0.4, -0.2) is 21.5 Å². The highest BCUT2D eigenvalue weighted by Crippen LogP contribution is 2.13. The summed E-state index contributed by atoms with van der Waals surface area (Å²) in [6, 6.07) is 3.89. The van der Waals surface area contributed by atoms with Crippen LogP contribution >= 0.6 is 0 Å². The van der Waals surface area contributed by atoms with E-state index in [0.717, 1.165) is 6.07 Å². The van der Waals surface area contributed by atoms with Gasteiger partial charge in [-0.2, -0.15) is 5.10 Å². The Balaban J connectivity index is 2.26. The minimum absolute atomic E-state index is 0.00758. The molecule has 1 heterocycles. The van der Waals surface area contributed by atoms with Crippen LogP contribution in [-0.2, 0) is 6.42 Å². The molecule has 0 saturated heterocycles. The predicted octanol–water partition coefficient (Wildman–Crippen LogP) is 1.49. The number of aromatic nitrogens is 3. The van der Waals surface area contributed by atoms with E-state index in [1.807, 2.05) is 0 Å². The number of benzene rings is 1. The van der Waals surface area contributed by atoms with E-state index in [1.54, 1.807) is 0 Å². The monoisotopic (exact) mass is 223 g/mol. The van der Waals surface area contributed by atoms with Gasteiger partial charge < -0.3 is 0 Å². The number of hydrogen-bond acceptors (Lipinski definition) is 3. The Labute approximate surface area is 89.3 Å². The predicted molar refractivity (Wildman–Crippen MR) is 50.9 cm³/mol. The molecule has 2 rings (SSSR count). The van der Waals surface area contributed by atoms with Crippen molar-refractivity contribution in [2.75, 3.05) is 0 Å². The van der Waals surface area contributed by atoms with Gasteiger partial charge in [-0.25, -0.2) is 13.8 Å². The quantitative estimate of drug-likeness (QED) is 0.802. The topological polar surface area (TPSA) is 58.6 Å². The highest BCUT2D eigenvalue weighted by Gasteiger charge is 2.10. The van der Waals surface area contributed by atoms with Gasteiger partial charge in [0.2, 0.25) is 5.82 Å². The van der Waals surface area contributed by atoms with E-state index < -0.39 is 11.6 Å². The first-order valence-electron chi connectivity index (χ1n) is 4.50. The van der Waals surface area contributed by atoms with Crippen molar-refractivity contribution >= 4 is 6.29 Å². The first kappa shape index (κ1) is 10.4. The molecule has 4 nitrogen and oxygen atoms in total. The van der Waals surface area contributed by atoms with Crippen LogP contribution in [0.15, 0.2) is 18.2 Å². The summed E-state index contributed by atoms with van der Waals surface area (Å²) in [7, 11) is 0. The molecule has 0 bridgehead atoms. The lowest BCUT2D eigenvalue weighted by Gasteiger charge is -2.00. The lowest BCUT2D eigenvalue weighted by Crippen LogP contribution is -1.97. The maximum Gasteiger partial charge on any atom is 0.214 e. The van der Waals surface area contributed by atoms with E-state index in [0.29, 0.717) is 12.1 Å². The number of aromatic amines is 1. The van der Waals surface area contributed by atoms with Crippen LogP contribution in [0.4, 0.5) is 8.78 Å². The van der Waals surface area contributed by atoms with Crippen molar-refractivity contribution in [3.8, 4) is 0 Å². The van der Waals surface area contributed by atoms with Gasteiger partial charge in [0.1, 0.15) is 5.82 Å². The molecule has 0 atom stereocenters. The fourth-order valence-electron chi connectivity index (χ4n) is 1.31. The third-order valence-electron chi connectivity index (χ3n) is 2.04. The third-order valence-corrected chi connectivity index (χ3v) is 2.04. The molecule has 2 aromatic rings. The highest BCUT2D eigenvalue weighted by molar-refractivity contribution is 5.68. The van der Waals surface area contributed by atoms with Gasteiger partial charge in [-0.3, -0.25) is 9.89 Å². The maximum absolute atomic E-state index is 13.3. The lowest BCUT2D eigenvalue weighted by molar-refractivity contribution is 0.111. The standard InChI is InChI=1S/C10H7F2N3O/c11-7-3-1-2-6(10(7)12)4-8-13-9(5-16)15-14-8/h1-3,5H,4H2,(H,13,14,15). The number of rotatable bonds is 3. The van der Waals surface area contributed by atoms with Crippen molar-refractivity contribution in [1.29, 1.82) is 0 Å². The first-order chi connectivity index (χ1) is 7.70. The number of nitrogens with zero attached hydrogens (tertiary/aromatic N) is 2. The lowest BCUT2D eigenvalue weighted by atomic mass is 10.1. The summed E-state index contributed by atoms with van der Waals surface area (Å²) in [4.78, 5) is 14.1. The average molecular weight is 223 g/mol. The summed E-state index contributed by atoms with van der Waals surface area (Å²) >= 11 is 0. The van der Waals surface area contributed by atoms with Crippen LogP contribution in [0.2, 0.25) is 0 Å². The van der Waals surface area contributed by atoms with Gasteiger partial charge in [0, 0.05) is 6.42 Å². The Morgan fingerprint density at radius 3 is 2.88 bits per heavy atom. The number of hydrogen-bond donors (Lipinski definition) is 1. The molecule has 1 N–H and O–H groups in total. The Hall–Kier alpha value is -2.11. The van der Waals surface area contributed by atoms with Crippen LogP contribution in [0, 0.1) is 11.6 Å². The minimum atomic E-state index is -0.911. The van der Waals surface area contributed by atoms with Crippen molar-refractivity contribution in [2.24, 2.45) is 0 Å². The largest absolute Gasteiger partial charge is 0.294 e. The molecular weight excluding hydrogens is 216 g/mol. The number of halogens is 2. The smallest absolute Gasteiger partial charge is 0.214 e. The molecular formula is C10H7F2N3O. The SMILES string of the molecule is O=Cc1n[nH]c(Cc2cccc(F)c2F)n1. The van der Waals surface area contributed by atoms with Crippen LogP contribution in [0.1, 0.15) is 22.0 Å². The van der Waals surface area contributed by atoms with Crippen molar-refractivity contribution in [3.63, 3.8) is 0 Å². The second-order valence-corrected chi connectivity index (χ2v) is 3.15. The Bertz CT molecular complexity index is 525. The molecule has 0 saturated carbocycles. The Kier molecular flexibility index (Phi) is 2.72. The number of carbonyl (C=O) groups excluding carboxylic acids is 1. The van der Waals surface area contributed by atoms with E-state index >= 15 is 0 Å². The van der Waals surface area contributed by atoms with Crippen LogP contribution < -0.4 is 0 Å². The summed E-state index contributed by atoms with van der Waals surface area (Å²) in [5, 5.41) is 6.03. The van der Waals surface area contributed by atoms with E-state index in [-0.39, 0.29) is 17.8 Å². The van der Waals surface area contributed by atoms with Crippen molar-refractivity contribution in [2.45, 2.75) is 6.42 Å². The van der Waals surface area contributed by atoms with Gasteiger partial charge in [-0.1, -0.05) is 12.1 Å². The molecule has 6 heteroatoms. The van der Waals surface area contributed by atoms with E-state index in [2.05, 4.69) is 15.2 Å². The molecule has 0 spiro atoms. The van der Waals surface area contributed by atoms with E-state index in [9.17, 15) is 13.6 Å². The molecule has 0 unspecified atom stereocenters. The second kappa shape index (κ2) is 4.18. The van der Waals surface area contributed by atoms with Gasteiger partial charge in [0.25, 0.3) is 0 Å². The van der Waals surface area contributed by atoms with Gasteiger partial charge >= 0.3 is 0 Å². The molecule has 16 heavy (non-hydrogen) atoms. The number of nitrogens with one attached hydrogen (secondary N) is 1. The van der Waals surface area contributed by atoms with Crippen molar-refractivity contribution in [3.05, 3.63) is 47.0 Å². The van der Waals surface area contributed by atoms with Gasteiger partial charge in [0.05, 0.1) is 0 Å². The van der Waals surface area contributed by atoms with E-state index in [4.69, 9.17) is 0 Å². The first-order valence-corrected chi connectivity index (χ1v) is 4.50.